The third-order valence-corrected chi connectivity index (χ3v) is 2.84. The predicted octanol–water partition coefficient (Wildman–Crippen LogP) is 0.901. The fourth-order valence-electron chi connectivity index (χ4n) is 1.86. The topological polar surface area (TPSA) is 84.9 Å². The zero-order valence-electron chi connectivity index (χ0n) is 10.7. The van der Waals surface area contributed by atoms with E-state index in [0.29, 0.717) is 32.6 Å². The molecule has 1 fully saturated rings. The van der Waals surface area contributed by atoms with E-state index in [4.69, 9.17) is 14.6 Å². The van der Waals surface area contributed by atoms with Gasteiger partial charge in [-0.15, -0.1) is 0 Å². The molecule has 0 aromatic carbocycles. The number of carboxylic acid groups (broad SMARTS) is 1. The summed E-state index contributed by atoms with van der Waals surface area (Å²) in [6, 6.07) is 0. The van der Waals surface area contributed by atoms with Crippen LogP contribution in [0.1, 0.15) is 39.0 Å². The average Bonchev–Trinajstić information content (AvgIpc) is 2.81. The Morgan fingerprint density at radius 2 is 1.83 bits per heavy atom. The highest BCUT2D eigenvalue weighted by molar-refractivity contribution is 5.75. The molecule has 104 valence electrons. The molecule has 0 saturated carbocycles. The average molecular weight is 259 g/mol. The van der Waals surface area contributed by atoms with Gasteiger partial charge in [0.1, 0.15) is 0 Å². The molecule has 0 aromatic rings. The lowest BCUT2D eigenvalue weighted by Gasteiger charge is -2.26. The van der Waals surface area contributed by atoms with Crippen LogP contribution >= 0.6 is 0 Å². The molecule has 1 amide bonds. The number of nitrogens with one attached hydrogen (secondary N) is 1. The maximum absolute atomic E-state index is 11.5. The van der Waals surface area contributed by atoms with Gasteiger partial charge in [0.05, 0.1) is 19.6 Å². The fraction of sp³-hybridized carbons (Fsp3) is 0.833. The summed E-state index contributed by atoms with van der Waals surface area (Å²) in [6.45, 7) is 3.55. The number of carboxylic acids is 1. The molecule has 0 aromatic heterocycles. The van der Waals surface area contributed by atoms with Crippen molar-refractivity contribution in [2.24, 2.45) is 0 Å². The first kappa shape index (κ1) is 14.9. The molecule has 1 rings (SSSR count). The van der Waals surface area contributed by atoms with Gasteiger partial charge >= 0.3 is 5.97 Å². The summed E-state index contributed by atoms with van der Waals surface area (Å²) in [7, 11) is 0. The van der Waals surface area contributed by atoms with Gasteiger partial charge in [0.25, 0.3) is 0 Å². The van der Waals surface area contributed by atoms with Crippen molar-refractivity contribution in [2.75, 3.05) is 19.8 Å². The minimum Gasteiger partial charge on any atom is -0.481 e. The van der Waals surface area contributed by atoms with E-state index < -0.39 is 11.8 Å². The van der Waals surface area contributed by atoms with Crippen molar-refractivity contribution in [3.63, 3.8) is 0 Å². The number of hydrogen-bond acceptors (Lipinski definition) is 4. The first-order valence-electron chi connectivity index (χ1n) is 6.34. The van der Waals surface area contributed by atoms with Crippen LogP contribution in [-0.2, 0) is 19.1 Å². The summed E-state index contributed by atoms with van der Waals surface area (Å²) >= 11 is 0. The Kier molecular flexibility index (Phi) is 6.07. The van der Waals surface area contributed by atoms with Gasteiger partial charge in [-0.1, -0.05) is 6.92 Å². The summed E-state index contributed by atoms with van der Waals surface area (Å²) in [6.07, 6.45) is 1.85. The van der Waals surface area contributed by atoms with E-state index in [2.05, 4.69) is 5.32 Å². The SMILES string of the molecule is CCCNC(=O)CCC1(CCC(=O)O)OCCO1. The molecule has 0 atom stereocenters. The molecule has 1 aliphatic rings. The van der Waals surface area contributed by atoms with Gasteiger partial charge in [0, 0.05) is 25.8 Å². The first-order valence-corrected chi connectivity index (χ1v) is 6.34. The molecule has 1 aliphatic heterocycles. The molecule has 0 aliphatic carbocycles. The molecule has 6 nitrogen and oxygen atoms in total. The molecule has 0 unspecified atom stereocenters. The summed E-state index contributed by atoms with van der Waals surface area (Å²) in [4.78, 5) is 22.1. The molecule has 0 bridgehead atoms. The minimum atomic E-state index is -0.887. The van der Waals surface area contributed by atoms with Crippen LogP contribution in [0.2, 0.25) is 0 Å². The van der Waals surface area contributed by atoms with Crippen molar-refractivity contribution in [1.29, 1.82) is 0 Å². The Morgan fingerprint density at radius 3 is 2.39 bits per heavy atom. The minimum absolute atomic E-state index is 0.0173. The second-order valence-corrected chi connectivity index (χ2v) is 4.35. The Morgan fingerprint density at radius 1 is 1.22 bits per heavy atom. The van der Waals surface area contributed by atoms with Crippen LogP contribution in [0.25, 0.3) is 0 Å². The van der Waals surface area contributed by atoms with Gasteiger partial charge in [0.2, 0.25) is 5.91 Å². The lowest BCUT2D eigenvalue weighted by Crippen LogP contribution is -2.34. The van der Waals surface area contributed by atoms with Crippen molar-refractivity contribution in [3.8, 4) is 0 Å². The van der Waals surface area contributed by atoms with Gasteiger partial charge in [-0.25, -0.2) is 0 Å². The Hall–Kier alpha value is -1.14. The van der Waals surface area contributed by atoms with Crippen LogP contribution in [0.4, 0.5) is 0 Å². The molecule has 18 heavy (non-hydrogen) atoms. The Bertz CT molecular complexity index is 286. The van der Waals surface area contributed by atoms with Crippen molar-refractivity contribution in [3.05, 3.63) is 0 Å². The smallest absolute Gasteiger partial charge is 0.303 e. The number of aliphatic carboxylic acids is 1. The van der Waals surface area contributed by atoms with Crippen molar-refractivity contribution in [1.82, 2.24) is 5.32 Å². The lowest BCUT2D eigenvalue weighted by atomic mass is 10.0. The maximum Gasteiger partial charge on any atom is 0.303 e. The van der Waals surface area contributed by atoms with Crippen LogP contribution in [0, 0.1) is 0 Å². The molecular formula is C12H21NO5. The van der Waals surface area contributed by atoms with Crippen molar-refractivity contribution in [2.45, 2.75) is 44.8 Å². The fourth-order valence-corrected chi connectivity index (χ4v) is 1.86. The first-order chi connectivity index (χ1) is 8.58. The lowest BCUT2D eigenvalue weighted by molar-refractivity contribution is -0.174. The third-order valence-electron chi connectivity index (χ3n) is 2.84. The number of amides is 1. The van der Waals surface area contributed by atoms with Crippen LogP contribution in [0.5, 0.6) is 0 Å². The molecule has 0 radical (unpaired) electrons. The van der Waals surface area contributed by atoms with Crippen LogP contribution in [0.3, 0.4) is 0 Å². The van der Waals surface area contributed by atoms with E-state index in [0.717, 1.165) is 6.42 Å². The van der Waals surface area contributed by atoms with E-state index in [1.54, 1.807) is 0 Å². The summed E-state index contributed by atoms with van der Waals surface area (Å²) < 4.78 is 11.0. The van der Waals surface area contributed by atoms with E-state index in [1.165, 1.54) is 0 Å². The summed E-state index contributed by atoms with van der Waals surface area (Å²) in [5.41, 5.74) is 0. The zero-order valence-corrected chi connectivity index (χ0v) is 10.7. The third kappa shape index (κ3) is 5.01. The van der Waals surface area contributed by atoms with Crippen LogP contribution < -0.4 is 5.32 Å². The number of hydrogen-bond donors (Lipinski definition) is 2. The second kappa shape index (κ2) is 7.33. The Balaban J connectivity index is 2.37. The number of carbonyl (C=O) groups excluding carboxylic acids is 1. The van der Waals surface area contributed by atoms with Gasteiger partial charge in [-0.05, 0) is 6.42 Å². The Labute approximate surface area is 107 Å². The highest BCUT2D eigenvalue weighted by Gasteiger charge is 2.36. The quantitative estimate of drug-likeness (QED) is 0.676. The standard InChI is InChI=1S/C12H21NO5/c1-2-7-13-10(14)3-5-12(6-4-11(15)16)17-8-9-18-12/h2-9H2,1H3,(H,13,14)(H,15,16). The predicted molar refractivity (Wildman–Crippen MR) is 64.0 cm³/mol. The van der Waals surface area contributed by atoms with Crippen LogP contribution in [0.15, 0.2) is 0 Å². The molecule has 2 N–H and O–H groups in total. The zero-order chi connectivity index (χ0) is 13.4. The van der Waals surface area contributed by atoms with Gasteiger partial charge in [-0.2, -0.15) is 0 Å². The largest absolute Gasteiger partial charge is 0.481 e. The normalized spacial score (nSPS) is 17.6. The molecule has 6 heteroatoms. The van der Waals surface area contributed by atoms with E-state index in [1.807, 2.05) is 6.92 Å². The van der Waals surface area contributed by atoms with Crippen molar-refractivity contribution < 1.29 is 24.2 Å². The van der Waals surface area contributed by atoms with E-state index in [9.17, 15) is 9.59 Å². The summed E-state index contributed by atoms with van der Waals surface area (Å²) in [5.74, 6) is -1.82. The monoisotopic (exact) mass is 259 g/mol. The molecule has 1 saturated heterocycles. The molecule has 0 spiro atoms. The van der Waals surface area contributed by atoms with E-state index in [-0.39, 0.29) is 18.7 Å². The van der Waals surface area contributed by atoms with Gasteiger partial charge in [-0.3, -0.25) is 9.59 Å². The second-order valence-electron chi connectivity index (χ2n) is 4.35. The molecule has 1 heterocycles. The number of carbonyl (C=O) groups is 2. The van der Waals surface area contributed by atoms with Gasteiger partial charge in [0.15, 0.2) is 5.79 Å². The van der Waals surface area contributed by atoms with Crippen molar-refractivity contribution >= 4 is 11.9 Å². The number of rotatable bonds is 8. The van der Waals surface area contributed by atoms with Crippen LogP contribution in [-0.4, -0.2) is 42.5 Å². The van der Waals surface area contributed by atoms with Gasteiger partial charge < -0.3 is 19.9 Å². The molecular weight excluding hydrogens is 238 g/mol. The highest BCUT2D eigenvalue weighted by atomic mass is 16.7. The maximum atomic E-state index is 11.5. The highest BCUT2D eigenvalue weighted by Crippen LogP contribution is 2.29. The summed E-state index contributed by atoms with van der Waals surface area (Å²) in [5, 5.41) is 11.5. The van der Waals surface area contributed by atoms with E-state index >= 15 is 0 Å². The number of ether oxygens (including phenoxy) is 2.